The van der Waals surface area contributed by atoms with E-state index in [9.17, 15) is 9.90 Å². The molecule has 0 bridgehead atoms. The van der Waals surface area contributed by atoms with Gasteiger partial charge in [-0.1, -0.05) is 5.21 Å². The number of nitrogens with two attached hydrogens (primary N) is 2. The van der Waals surface area contributed by atoms with E-state index in [2.05, 4.69) is 57.7 Å². The molecular formula is C21H29N11O6P2S2. The van der Waals surface area contributed by atoms with Gasteiger partial charge in [-0.2, -0.15) is 10.1 Å². The molecule has 0 saturated carbocycles. The number of nitrogens with zero attached hydrogens (tertiary/aromatic N) is 8. The van der Waals surface area contributed by atoms with Crippen molar-refractivity contribution >= 4 is 71.5 Å². The van der Waals surface area contributed by atoms with Gasteiger partial charge in [-0.15, -0.1) is 16.9 Å². The zero-order chi connectivity index (χ0) is 29.4. The molecule has 17 nitrogen and oxygen atoms in total. The maximum atomic E-state index is 12.2. The highest BCUT2D eigenvalue weighted by molar-refractivity contribution is 8.00. The molecule has 2 aliphatic rings. The second-order valence-electron chi connectivity index (χ2n) is 9.83. The highest BCUT2D eigenvalue weighted by Crippen LogP contribution is 2.46. The Kier molecular flexibility index (Phi) is 9.09. The number of hydrogen-bond donors (Lipinski definition) is 5. The highest BCUT2D eigenvalue weighted by Gasteiger charge is 2.46. The summed E-state index contributed by atoms with van der Waals surface area (Å²) in [5.74, 6) is 0.338. The lowest BCUT2D eigenvalue weighted by Gasteiger charge is -2.19. The number of imidazole rings is 1. The summed E-state index contributed by atoms with van der Waals surface area (Å²) in [4.78, 5) is 27.1. The first kappa shape index (κ1) is 29.8. The predicted molar refractivity (Wildman–Crippen MR) is 161 cm³/mol. The number of rotatable bonds is 11. The minimum Gasteiger partial charge on any atom is -0.389 e. The van der Waals surface area contributed by atoms with Gasteiger partial charge in [0.2, 0.25) is 5.95 Å². The Bertz CT molecular complexity index is 1610. The van der Waals surface area contributed by atoms with E-state index >= 15 is 0 Å². The largest absolute Gasteiger partial charge is 0.389 e. The summed E-state index contributed by atoms with van der Waals surface area (Å²) in [6.45, 7) is 0.881. The third kappa shape index (κ3) is 5.69. The Labute approximate surface area is 252 Å². The molecule has 0 aliphatic carbocycles. The molecule has 6 rings (SSSR count). The topological polar surface area (TPSA) is 229 Å². The van der Waals surface area contributed by atoms with Crippen molar-refractivity contribution in [2.24, 2.45) is 5.92 Å². The second-order valence-corrected chi connectivity index (χ2v) is 12.8. The van der Waals surface area contributed by atoms with Crippen LogP contribution in [0.3, 0.4) is 0 Å². The number of aliphatic hydroxyl groups excluding tert-OH is 1. The average Bonchev–Trinajstić information content (AvgIpc) is 3.74. The molecule has 6 N–H and O–H groups in total. The van der Waals surface area contributed by atoms with Crippen LogP contribution in [0.25, 0.3) is 16.8 Å². The van der Waals surface area contributed by atoms with Crippen LogP contribution in [0.4, 0.5) is 11.8 Å². The minimum atomic E-state index is -0.836. The number of ether oxygens (including phenoxy) is 1. The fourth-order valence-corrected chi connectivity index (χ4v) is 8.43. The van der Waals surface area contributed by atoms with E-state index < -0.39 is 23.1 Å². The van der Waals surface area contributed by atoms with E-state index in [1.54, 1.807) is 10.7 Å². The molecule has 4 aromatic heterocycles. The Hall–Kier alpha value is -2.21. The molecule has 2 saturated heterocycles. The summed E-state index contributed by atoms with van der Waals surface area (Å²) < 4.78 is 26.1. The molecule has 9 atom stereocenters. The SMILES string of the molecule is Nc1nc2c(nnn2[C@@H]2S[C@H](CCPOC[C@H]3C[C@H](c4cnc5c(N)ncnn45)O[C@@H]3COP)[C@@H](O)[C@H]2OS)c(=O)[nH]1. The lowest BCUT2D eigenvalue weighted by atomic mass is 10.00. The van der Waals surface area contributed by atoms with Gasteiger partial charge in [0, 0.05) is 29.4 Å². The van der Waals surface area contributed by atoms with Gasteiger partial charge in [0.15, 0.2) is 22.6 Å². The number of hydrogen-bond acceptors (Lipinski definition) is 16. The van der Waals surface area contributed by atoms with Crippen LogP contribution in [-0.4, -0.2) is 92.6 Å². The molecule has 2 unspecified atom stereocenters. The molecule has 0 aromatic carbocycles. The molecule has 0 radical (unpaired) electrons. The van der Waals surface area contributed by atoms with Crippen LogP contribution < -0.4 is 17.0 Å². The highest BCUT2D eigenvalue weighted by atomic mass is 32.2. The van der Waals surface area contributed by atoms with E-state index in [0.717, 1.165) is 11.9 Å². The molecule has 0 amide bonds. The fraction of sp³-hybridized carbons (Fsp3) is 0.571. The van der Waals surface area contributed by atoms with Crippen LogP contribution in [0.2, 0.25) is 0 Å². The maximum absolute atomic E-state index is 12.2. The van der Waals surface area contributed by atoms with E-state index in [1.165, 1.54) is 22.8 Å². The third-order valence-electron chi connectivity index (χ3n) is 7.29. The molecule has 2 fully saturated rings. The first-order valence-electron chi connectivity index (χ1n) is 12.9. The molecule has 6 heterocycles. The van der Waals surface area contributed by atoms with Crippen LogP contribution >= 0.6 is 42.9 Å². The Morgan fingerprint density at radius 2 is 2.17 bits per heavy atom. The van der Waals surface area contributed by atoms with Gasteiger partial charge in [-0.3, -0.25) is 9.78 Å². The van der Waals surface area contributed by atoms with Gasteiger partial charge in [0.25, 0.3) is 5.56 Å². The predicted octanol–water partition coefficient (Wildman–Crippen LogP) is 0.275. The van der Waals surface area contributed by atoms with Crippen molar-refractivity contribution in [3.8, 4) is 0 Å². The van der Waals surface area contributed by atoms with Crippen LogP contribution in [-0.2, 0) is 18.0 Å². The zero-order valence-corrected chi connectivity index (χ0v) is 25.8. The van der Waals surface area contributed by atoms with Gasteiger partial charge in [0.1, 0.15) is 23.9 Å². The summed E-state index contributed by atoms with van der Waals surface area (Å²) >= 11 is 5.43. The number of aromatic nitrogens is 9. The van der Waals surface area contributed by atoms with E-state index in [1.807, 2.05) is 0 Å². The summed E-state index contributed by atoms with van der Waals surface area (Å²) in [5.41, 5.74) is 12.7. The van der Waals surface area contributed by atoms with E-state index in [0.29, 0.717) is 37.5 Å². The monoisotopic (exact) mass is 657 g/mol. The molecular weight excluding hydrogens is 628 g/mol. The van der Waals surface area contributed by atoms with Crippen LogP contribution in [0.15, 0.2) is 17.3 Å². The van der Waals surface area contributed by atoms with Crippen molar-refractivity contribution in [2.75, 3.05) is 30.8 Å². The molecule has 226 valence electrons. The first-order chi connectivity index (χ1) is 20.4. The molecule has 0 spiro atoms. The molecule has 4 aromatic rings. The van der Waals surface area contributed by atoms with Gasteiger partial charge in [-0.05, 0) is 31.9 Å². The number of fused-ring (bicyclic) bond motifs is 2. The average molecular weight is 658 g/mol. The quantitative estimate of drug-likeness (QED) is 0.0631. The standard InChI is InChI=1S/C21H29N11O6P2S2/c22-16-18-24-4-9(31(18)26-7-25-16)10-3-8(11(37-10)6-35-39)5-36-40-2-1-12-14(33)15(38-41)20(42-12)32-17-13(29-30-32)19(34)28-21(23)27-17/h4,7-8,10-12,14-15,20,33,40-41H,1-3,5-6,39H2,(H2,22,25,26)(H3,23,27,28,34)/t8-,10-,11-,12-,14-,15-,20-/m1/s1. The third-order valence-corrected chi connectivity index (χ3v) is 10.2. The smallest absolute Gasteiger partial charge is 0.282 e. The van der Waals surface area contributed by atoms with Crippen LogP contribution in [0.5, 0.6) is 0 Å². The van der Waals surface area contributed by atoms with E-state index in [4.69, 9.17) is 29.4 Å². The van der Waals surface area contributed by atoms with Crippen molar-refractivity contribution in [2.45, 2.75) is 47.9 Å². The van der Waals surface area contributed by atoms with Crippen LogP contribution in [0, 0.1) is 5.92 Å². The summed E-state index contributed by atoms with van der Waals surface area (Å²) in [7, 11) is 2.47. The van der Waals surface area contributed by atoms with Crippen molar-refractivity contribution in [1.82, 2.24) is 44.5 Å². The van der Waals surface area contributed by atoms with Crippen molar-refractivity contribution in [1.29, 1.82) is 0 Å². The molecule has 2 aliphatic heterocycles. The number of thiol groups is 1. The first-order valence-corrected chi connectivity index (χ1v) is 15.8. The van der Waals surface area contributed by atoms with Crippen molar-refractivity contribution < 1.29 is 23.1 Å². The Balaban J connectivity index is 1.04. The van der Waals surface area contributed by atoms with Crippen LogP contribution in [0.1, 0.15) is 30.0 Å². The van der Waals surface area contributed by atoms with Gasteiger partial charge >= 0.3 is 0 Å². The number of aliphatic hydroxyl groups is 1. The van der Waals surface area contributed by atoms with Crippen molar-refractivity contribution in [3.63, 3.8) is 0 Å². The normalized spacial score (nSPS) is 28.2. The number of anilines is 2. The fourth-order valence-electron chi connectivity index (χ4n) is 5.25. The number of nitrogen functional groups attached to an aromatic ring is 2. The Morgan fingerprint density at radius 3 is 2.98 bits per heavy atom. The second kappa shape index (κ2) is 12.8. The zero-order valence-electron chi connectivity index (χ0n) is 21.9. The summed E-state index contributed by atoms with van der Waals surface area (Å²) in [6, 6.07) is 0. The Morgan fingerprint density at radius 1 is 1.31 bits per heavy atom. The van der Waals surface area contributed by atoms with Gasteiger partial charge < -0.3 is 34.5 Å². The number of aromatic amines is 1. The van der Waals surface area contributed by atoms with E-state index in [-0.39, 0.29) is 49.3 Å². The summed E-state index contributed by atoms with van der Waals surface area (Å²) in [6.07, 6.45) is 3.21. The number of H-pyrrole nitrogens is 1. The van der Waals surface area contributed by atoms with Crippen molar-refractivity contribution in [3.05, 3.63) is 28.6 Å². The summed E-state index contributed by atoms with van der Waals surface area (Å²) in [5, 5.41) is 22.6. The lowest BCUT2D eigenvalue weighted by Crippen LogP contribution is -2.33. The molecule has 42 heavy (non-hydrogen) atoms. The number of thioether (sulfide) groups is 1. The number of nitrogens with one attached hydrogen (secondary N) is 1. The van der Waals surface area contributed by atoms with Gasteiger partial charge in [-0.25, -0.2) is 19.2 Å². The minimum absolute atomic E-state index is 0.0536. The van der Waals surface area contributed by atoms with Gasteiger partial charge in [0.05, 0.1) is 37.3 Å². The molecule has 21 heteroatoms. The maximum Gasteiger partial charge on any atom is 0.282 e. The lowest BCUT2D eigenvalue weighted by molar-refractivity contribution is 0.00224.